The van der Waals surface area contributed by atoms with E-state index in [1.54, 1.807) is 4.90 Å². The van der Waals surface area contributed by atoms with Gasteiger partial charge in [0.05, 0.1) is 30.5 Å². The summed E-state index contributed by atoms with van der Waals surface area (Å²) < 4.78 is 18.9. The molecule has 5 heteroatoms. The van der Waals surface area contributed by atoms with E-state index in [-0.39, 0.29) is 23.6 Å². The van der Waals surface area contributed by atoms with Crippen LogP contribution >= 0.6 is 0 Å². The van der Waals surface area contributed by atoms with Crippen LogP contribution in [0.5, 0.6) is 0 Å². The summed E-state index contributed by atoms with van der Waals surface area (Å²) >= 11 is 0. The standard InChI is InChI=1S/C12H15FN2O2/c1-8-7-17-9(2)6-15(8)12(16)10-3-4-14-5-11(10)13/h3-5,8-9H,6-7H2,1-2H3. The molecule has 1 aromatic rings. The monoisotopic (exact) mass is 238 g/mol. The molecule has 1 aromatic heterocycles. The molecule has 0 aromatic carbocycles. The first kappa shape index (κ1) is 12.0. The van der Waals surface area contributed by atoms with Crippen LogP contribution in [0.3, 0.4) is 0 Å². The van der Waals surface area contributed by atoms with E-state index < -0.39 is 5.82 Å². The van der Waals surface area contributed by atoms with E-state index in [0.29, 0.717) is 13.2 Å². The second-order valence-electron chi connectivity index (χ2n) is 4.31. The lowest BCUT2D eigenvalue weighted by atomic mass is 10.1. The van der Waals surface area contributed by atoms with E-state index >= 15 is 0 Å². The van der Waals surface area contributed by atoms with Crippen LogP contribution in [0.15, 0.2) is 18.5 Å². The predicted octanol–water partition coefficient (Wildman–Crippen LogP) is 1.47. The van der Waals surface area contributed by atoms with Crippen LogP contribution in [0.25, 0.3) is 0 Å². The highest BCUT2D eigenvalue weighted by molar-refractivity contribution is 5.94. The highest BCUT2D eigenvalue weighted by Gasteiger charge is 2.29. The fourth-order valence-electron chi connectivity index (χ4n) is 1.89. The van der Waals surface area contributed by atoms with Gasteiger partial charge in [-0.15, -0.1) is 0 Å². The molecule has 1 saturated heterocycles. The summed E-state index contributed by atoms with van der Waals surface area (Å²) in [5.41, 5.74) is 0.0703. The van der Waals surface area contributed by atoms with E-state index in [9.17, 15) is 9.18 Å². The fourth-order valence-corrected chi connectivity index (χ4v) is 1.89. The molecule has 2 unspecified atom stereocenters. The topological polar surface area (TPSA) is 42.4 Å². The molecular weight excluding hydrogens is 223 g/mol. The van der Waals surface area contributed by atoms with Crippen LogP contribution in [-0.2, 0) is 4.74 Å². The zero-order chi connectivity index (χ0) is 12.4. The molecule has 2 atom stereocenters. The van der Waals surface area contributed by atoms with Crippen molar-refractivity contribution in [2.45, 2.75) is 26.0 Å². The lowest BCUT2D eigenvalue weighted by Crippen LogP contribution is -2.50. The molecule has 0 bridgehead atoms. The maximum absolute atomic E-state index is 13.5. The summed E-state index contributed by atoms with van der Waals surface area (Å²) in [6, 6.07) is 1.37. The second-order valence-corrected chi connectivity index (χ2v) is 4.31. The number of rotatable bonds is 1. The highest BCUT2D eigenvalue weighted by Crippen LogP contribution is 2.16. The molecule has 0 N–H and O–H groups in total. The Hall–Kier alpha value is -1.49. The first-order chi connectivity index (χ1) is 8.09. The molecule has 1 fully saturated rings. The number of halogens is 1. The molecule has 1 amide bonds. The van der Waals surface area contributed by atoms with Crippen LogP contribution in [0.1, 0.15) is 24.2 Å². The van der Waals surface area contributed by atoms with E-state index in [0.717, 1.165) is 6.20 Å². The first-order valence-corrected chi connectivity index (χ1v) is 5.61. The number of morpholine rings is 1. The number of carbonyl (C=O) groups excluding carboxylic acids is 1. The molecule has 17 heavy (non-hydrogen) atoms. The lowest BCUT2D eigenvalue weighted by Gasteiger charge is -2.36. The Balaban J connectivity index is 2.22. The van der Waals surface area contributed by atoms with Crippen molar-refractivity contribution in [1.82, 2.24) is 9.88 Å². The van der Waals surface area contributed by atoms with Crippen LogP contribution in [0.4, 0.5) is 4.39 Å². The summed E-state index contributed by atoms with van der Waals surface area (Å²) in [5.74, 6) is -0.878. The van der Waals surface area contributed by atoms with Crippen LogP contribution in [-0.4, -0.2) is 41.1 Å². The highest BCUT2D eigenvalue weighted by atomic mass is 19.1. The average molecular weight is 238 g/mol. The zero-order valence-corrected chi connectivity index (χ0v) is 9.89. The Bertz CT molecular complexity index is 425. The predicted molar refractivity (Wildman–Crippen MR) is 60.1 cm³/mol. The molecule has 0 radical (unpaired) electrons. The minimum atomic E-state index is -0.580. The smallest absolute Gasteiger partial charge is 0.257 e. The van der Waals surface area contributed by atoms with Crippen molar-refractivity contribution in [1.29, 1.82) is 0 Å². The number of ether oxygens (including phenoxy) is 1. The molecule has 0 saturated carbocycles. The van der Waals surface area contributed by atoms with Gasteiger partial charge in [-0.2, -0.15) is 0 Å². The van der Waals surface area contributed by atoms with Crippen molar-refractivity contribution in [3.05, 3.63) is 29.8 Å². The van der Waals surface area contributed by atoms with Gasteiger partial charge < -0.3 is 9.64 Å². The summed E-state index contributed by atoms with van der Waals surface area (Å²) in [5, 5.41) is 0. The SMILES string of the molecule is CC1CN(C(=O)c2ccncc2F)C(C)CO1. The van der Waals surface area contributed by atoms with Crippen molar-refractivity contribution in [3.63, 3.8) is 0 Å². The van der Waals surface area contributed by atoms with Crippen LogP contribution in [0.2, 0.25) is 0 Å². The van der Waals surface area contributed by atoms with Gasteiger partial charge in [0.2, 0.25) is 0 Å². The Labute approximate surface area is 99.4 Å². The van der Waals surface area contributed by atoms with Crippen LogP contribution < -0.4 is 0 Å². The number of amides is 1. The van der Waals surface area contributed by atoms with Crippen molar-refractivity contribution in [2.75, 3.05) is 13.2 Å². The summed E-state index contributed by atoms with van der Waals surface area (Å²) in [6.45, 7) is 4.76. The maximum Gasteiger partial charge on any atom is 0.257 e. The Morgan fingerprint density at radius 3 is 3.06 bits per heavy atom. The van der Waals surface area contributed by atoms with Crippen molar-refractivity contribution >= 4 is 5.91 Å². The second kappa shape index (κ2) is 4.79. The molecule has 2 heterocycles. The summed E-state index contributed by atoms with van der Waals surface area (Å²) in [6.07, 6.45) is 2.46. The van der Waals surface area contributed by atoms with Crippen molar-refractivity contribution < 1.29 is 13.9 Å². The van der Waals surface area contributed by atoms with E-state index in [2.05, 4.69) is 4.98 Å². The van der Waals surface area contributed by atoms with Gasteiger partial charge >= 0.3 is 0 Å². The minimum Gasteiger partial charge on any atom is -0.375 e. The molecule has 4 nitrogen and oxygen atoms in total. The number of nitrogens with zero attached hydrogens (tertiary/aromatic N) is 2. The van der Waals surface area contributed by atoms with Gasteiger partial charge in [0.15, 0.2) is 5.82 Å². The normalized spacial score (nSPS) is 24.8. The Morgan fingerprint density at radius 2 is 2.35 bits per heavy atom. The molecule has 92 valence electrons. The average Bonchev–Trinajstić information content (AvgIpc) is 2.32. The third-order valence-corrected chi connectivity index (χ3v) is 2.87. The number of hydrogen-bond acceptors (Lipinski definition) is 3. The van der Waals surface area contributed by atoms with E-state index in [1.165, 1.54) is 12.3 Å². The van der Waals surface area contributed by atoms with Crippen molar-refractivity contribution in [3.8, 4) is 0 Å². The Kier molecular flexibility index (Phi) is 3.38. The van der Waals surface area contributed by atoms with Gasteiger partial charge in [-0.3, -0.25) is 9.78 Å². The summed E-state index contributed by atoms with van der Waals surface area (Å²) in [7, 11) is 0. The van der Waals surface area contributed by atoms with Crippen LogP contribution in [0, 0.1) is 5.82 Å². The quantitative estimate of drug-likeness (QED) is 0.744. The van der Waals surface area contributed by atoms with Gasteiger partial charge in [0.1, 0.15) is 0 Å². The maximum atomic E-state index is 13.5. The van der Waals surface area contributed by atoms with Crippen molar-refractivity contribution in [2.24, 2.45) is 0 Å². The van der Waals surface area contributed by atoms with E-state index in [1.807, 2.05) is 13.8 Å². The molecule has 1 aliphatic rings. The number of carbonyl (C=O) groups is 1. The van der Waals surface area contributed by atoms with Gasteiger partial charge in [0.25, 0.3) is 5.91 Å². The third kappa shape index (κ3) is 2.44. The molecule has 1 aliphatic heterocycles. The molecule has 0 spiro atoms. The first-order valence-electron chi connectivity index (χ1n) is 5.61. The number of pyridine rings is 1. The van der Waals surface area contributed by atoms with Gasteiger partial charge in [-0.1, -0.05) is 0 Å². The number of aromatic nitrogens is 1. The molecular formula is C12H15FN2O2. The third-order valence-electron chi connectivity index (χ3n) is 2.87. The molecule has 0 aliphatic carbocycles. The summed E-state index contributed by atoms with van der Waals surface area (Å²) in [4.78, 5) is 17.5. The lowest BCUT2D eigenvalue weighted by molar-refractivity contribution is -0.0388. The zero-order valence-electron chi connectivity index (χ0n) is 9.89. The Morgan fingerprint density at radius 1 is 1.59 bits per heavy atom. The largest absolute Gasteiger partial charge is 0.375 e. The molecule has 2 rings (SSSR count). The van der Waals surface area contributed by atoms with Gasteiger partial charge in [-0.05, 0) is 19.9 Å². The minimum absolute atomic E-state index is 0.0138. The fraction of sp³-hybridized carbons (Fsp3) is 0.500. The van der Waals surface area contributed by atoms with Gasteiger partial charge in [0, 0.05) is 12.7 Å². The number of hydrogen-bond donors (Lipinski definition) is 0. The van der Waals surface area contributed by atoms with Gasteiger partial charge in [-0.25, -0.2) is 4.39 Å². The van der Waals surface area contributed by atoms with E-state index in [4.69, 9.17) is 4.74 Å².